The molecule has 2 heterocycles. The van der Waals surface area contributed by atoms with E-state index in [2.05, 4.69) is 20.5 Å². The summed E-state index contributed by atoms with van der Waals surface area (Å²) in [6, 6.07) is 12.8. The Morgan fingerprint density at radius 2 is 1.77 bits per heavy atom. The van der Waals surface area contributed by atoms with E-state index in [1.165, 1.54) is 19.2 Å². The van der Waals surface area contributed by atoms with Crippen LogP contribution in [0.25, 0.3) is 0 Å². The molecule has 1 aliphatic heterocycles. The predicted molar refractivity (Wildman–Crippen MR) is 145 cm³/mol. The Kier molecular flexibility index (Phi) is 8.07. The van der Waals surface area contributed by atoms with Gasteiger partial charge in [0.2, 0.25) is 11.8 Å². The molecule has 10 heteroatoms. The van der Waals surface area contributed by atoms with E-state index in [1.807, 2.05) is 18.2 Å². The number of ether oxygens (including phenoxy) is 1. The lowest BCUT2D eigenvalue weighted by molar-refractivity contribution is -0.137. The van der Waals surface area contributed by atoms with E-state index in [9.17, 15) is 22.8 Å². The molecule has 2 amide bonds. The Labute approximate surface area is 230 Å². The molecule has 0 bridgehead atoms. The smallest absolute Gasteiger partial charge is 0.416 e. The van der Waals surface area contributed by atoms with Crippen LogP contribution in [0.3, 0.4) is 0 Å². The molecule has 1 atom stereocenters. The van der Waals surface area contributed by atoms with E-state index < -0.39 is 11.7 Å². The molecule has 3 aromatic rings. The van der Waals surface area contributed by atoms with E-state index in [0.717, 1.165) is 43.1 Å². The number of benzene rings is 2. The molecule has 210 valence electrons. The highest BCUT2D eigenvalue weighted by molar-refractivity contribution is 5.93. The summed E-state index contributed by atoms with van der Waals surface area (Å²) < 4.78 is 46.9. The lowest BCUT2D eigenvalue weighted by Gasteiger charge is -2.25. The molecule has 1 aliphatic carbocycles. The highest BCUT2D eigenvalue weighted by Crippen LogP contribution is 2.34. The zero-order valence-electron chi connectivity index (χ0n) is 22.2. The number of pyridine rings is 1. The number of anilines is 2. The molecule has 1 fully saturated rings. The van der Waals surface area contributed by atoms with E-state index in [4.69, 9.17) is 4.74 Å². The molecule has 0 saturated carbocycles. The highest BCUT2D eigenvalue weighted by Gasteiger charge is 2.32. The fourth-order valence-electron chi connectivity index (χ4n) is 5.34. The van der Waals surface area contributed by atoms with Crippen molar-refractivity contribution in [2.24, 2.45) is 5.92 Å². The average molecular weight is 553 g/mol. The lowest BCUT2D eigenvalue weighted by atomic mass is 9.83. The average Bonchev–Trinajstić information content (AvgIpc) is 3.40. The van der Waals surface area contributed by atoms with Gasteiger partial charge in [-0.3, -0.25) is 14.5 Å². The second-order valence-electron chi connectivity index (χ2n) is 10.4. The number of nitrogens with zero attached hydrogens (tertiary/aromatic N) is 2. The molecule has 1 saturated heterocycles. The van der Waals surface area contributed by atoms with Crippen molar-refractivity contribution in [3.8, 4) is 11.5 Å². The molecule has 0 radical (unpaired) electrons. The second kappa shape index (κ2) is 11.7. The summed E-state index contributed by atoms with van der Waals surface area (Å²) in [6.07, 6.45) is 0.841. The summed E-state index contributed by atoms with van der Waals surface area (Å²) in [7, 11) is 0. The molecule has 0 unspecified atom stereocenters. The first-order chi connectivity index (χ1) is 19.1. The number of rotatable bonds is 7. The van der Waals surface area contributed by atoms with E-state index in [-0.39, 0.29) is 23.4 Å². The molecular weight excluding hydrogens is 521 g/mol. The normalized spacial score (nSPS) is 17.2. The van der Waals surface area contributed by atoms with Gasteiger partial charge in [0.1, 0.15) is 17.3 Å². The van der Waals surface area contributed by atoms with Crippen molar-refractivity contribution in [1.29, 1.82) is 0 Å². The van der Waals surface area contributed by atoms with Crippen LogP contribution in [-0.2, 0) is 35.2 Å². The Bertz CT molecular complexity index is 1400. The van der Waals surface area contributed by atoms with Gasteiger partial charge in [-0.1, -0.05) is 6.07 Å². The summed E-state index contributed by atoms with van der Waals surface area (Å²) >= 11 is 0. The van der Waals surface area contributed by atoms with Crippen LogP contribution in [0.1, 0.15) is 48.4 Å². The highest BCUT2D eigenvalue weighted by atomic mass is 19.4. The minimum atomic E-state index is -4.50. The first kappa shape index (κ1) is 27.6. The molecular formula is C30H31F3N4O3. The van der Waals surface area contributed by atoms with E-state index in [0.29, 0.717) is 48.7 Å². The number of hydrogen-bond donors (Lipinski definition) is 2. The van der Waals surface area contributed by atoms with Gasteiger partial charge in [-0.05, 0) is 98.3 Å². The van der Waals surface area contributed by atoms with Crippen LogP contribution in [-0.4, -0.2) is 34.8 Å². The summed E-state index contributed by atoms with van der Waals surface area (Å²) in [5.74, 6) is 0.528. The maximum absolute atomic E-state index is 13.6. The fraction of sp³-hybridized carbons (Fsp3) is 0.367. The maximum atomic E-state index is 13.6. The summed E-state index contributed by atoms with van der Waals surface area (Å²) in [5.41, 5.74) is 2.02. The molecule has 7 nitrogen and oxygen atoms in total. The third-order valence-corrected chi connectivity index (χ3v) is 7.24. The Morgan fingerprint density at radius 3 is 2.52 bits per heavy atom. The van der Waals surface area contributed by atoms with Gasteiger partial charge in [0, 0.05) is 37.3 Å². The van der Waals surface area contributed by atoms with Gasteiger partial charge in [0.15, 0.2) is 0 Å². The lowest BCUT2D eigenvalue weighted by Crippen LogP contribution is -2.28. The Hall–Kier alpha value is -3.92. The first-order valence-corrected chi connectivity index (χ1v) is 13.4. The molecule has 2 aromatic carbocycles. The van der Waals surface area contributed by atoms with Crippen molar-refractivity contribution in [2.45, 2.75) is 51.7 Å². The number of carbonyl (C=O) groups excluding carboxylic acids is 2. The van der Waals surface area contributed by atoms with Gasteiger partial charge >= 0.3 is 6.18 Å². The summed E-state index contributed by atoms with van der Waals surface area (Å²) in [4.78, 5) is 30.7. The number of aryl methyl sites for hydroxylation is 1. The van der Waals surface area contributed by atoms with Crippen LogP contribution in [0.4, 0.5) is 24.7 Å². The van der Waals surface area contributed by atoms with Gasteiger partial charge in [-0.2, -0.15) is 13.2 Å². The Morgan fingerprint density at radius 1 is 1.00 bits per heavy atom. The zero-order valence-corrected chi connectivity index (χ0v) is 22.2. The van der Waals surface area contributed by atoms with Crippen molar-refractivity contribution in [2.75, 3.05) is 23.7 Å². The van der Waals surface area contributed by atoms with Crippen LogP contribution < -0.4 is 15.4 Å². The van der Waals surface area contributed by atoms with Crippen molar-refractivity contribution in [3.63, 3.8) is 0 Å². The van der Waals surface area contributed by atoms with Crippen LogP contribution in [0.2, 0.25) is 0 Å². The van der Waals surface area contributed by atoms with Crippen molar-refractivity contribution < 1.29 is 27.5 Å². The number of halogens is 3. The number of amides is 2. The molecule has 40 heavy (non-hydrogen) atoms. The number of hydrogen-bond acceptors (Lipinski definition) is 5. The number of alkyl halides is 3. The minimum Gasteiger partial charge on any atom is -0.457 e. The van der Waals surface area contributed by atoms with Gasteiger partial charge in [0.05, 0.1) is 5.56 Å². The van der Waals surface area contributed by atoms with E-state index >= 15 is 0 Å². The monoisotopic (exact) mass is 552 g/mol. The molecule has 2 N–H and O–H groups in total. The zero-order chi connectivity index (χ0) is 28.3. The number of fused-ring (bicyclic) bond motifs is 1. The van der Waals surface area contributed by atoms with E-state index in [1.54, 1.807) is 18.2 Å². The third-order valence-electron chi connectivity index (χ3n) is 7.24. The van der Waals surface area contributed by atoms with Gasteiger partial charge in [0.25, 0.3) is 0 Å². The molecule has 1 aromatic heterocycles. The molecule has 0 spiro atoms. The van der Waals surface area contributed by atoms with Crippen LogP contribution >= 0.6 is 0 Å². The topological polar surface area (TPSA) is 83.6 Å². The number of likely N-dealkylation sites (tertiary alicyclic amines) is 1. The number of aromatic nitrogens is 1. The van der Waals surface area contributed by atoms with Crippen LogP contribution in [0, 0.1) is 5.92 Å². The van der Waals surface area contributed by atoms with Crippen LogP contribution in [0.15, 0.2) is 54.7 Å². The number of nitrogens with one attached hydrogen (secondary N) is 2. The second-order valence-corrected chi connectivity index (χ2v) is 10.4. The number of carbonyl (C=O) groups is 2. The van der Waals surface area contributed by atoms with Crippen molar-refractivity contribution in [3.05, 3.63) is 77.0 Å². The molecule has 5 rings (SSSR count). The van der Waals surface area contributed by atoms with Gasteiger partial charge in [-0.25, -0.2) is 4.98 Å². The third kappa shape index (κ3) is 6.98. The predicted octanol–water partition coefficient (Wildman–Crippen LogP) is 6.19. The molecule has 2 aliphatic rings. The van der Waals surface area contributed by atoms with Crippen molar-refractivity contribution >= 4 is 23.3 Å². The Balaban J connectivity index is 1.28. The SMILES string of the molecule is CC(=O)Nc1cc(Oc2ccc3c(c2)C[C@@H](C(=O)Nc2cc(CN4CCCC4)cc(C(F)(F)F)c2)CC3)ccn1. The summed E-state index contributed by atoms with van der Waals surface area (Å²) in [5, 5.41) is 5.38. The summed E-state index contributed by atoms with van der Waals surface area (Å²) in [6.45, 7) is 3.55. The maximum Gasteiger partial charge on any atom is 0.416 e. The van der Waals surface area contributed by atoms with Gasteiger partial charge < -0.3 is 15.4 Å². The largest absolute Gasteiger partial charge is 0.457 e. The van der Waals surface area contributed by atoms with Crippen LogP contribution in [0.5, 0.6) is 11.5 Å². The standard InChI is InChI=1S/C30H31F3N4O3/c1-19(38)35-28-17-27(8-9-34-28)40-26-7-6-21-4-5-22(14-23(21)15-26)29(39)36-25-13-20(18-37-10-2-3-11-37)12-24(16-25)30(31,32)33/h6-9,12-13,15-17,22H,2-5,10-11,14,18H2,1H3,(H,36,39)(H,34,35,38)/t22-/m0/s1. The quantitative estimate of drug-likeness (QED) is 0.365. The minimum absolute atomic E-state index is 0.171. The first-order valence-electron chi connectivity index (χ1n) is 13.4. The van der Waals surface area contributed by atoms with Crippen molar-refractivity contribution in [1.82, 2.24) is 9.88 Å². The fourth-order valence-corrected chi connectivity index (χ4v) is 5.34. The van der Waals surface area contributed by atoms with Gasteiger partial charge in [-0.15, -0.1) is 0 Å².